The van der Waals surface area contributed by atoms with Crippen molar-refractivity contribution in [2.45, 2.75) is 26.3 Å². The third-order valence-electron chi connectivity index (χ3n) is 2.14. The molecule has 0 spiro atoms. The summed E-state index contributed by atoms with van der Waals surface area (Å²) in [5, 5.41) is 2.35. The van der Waals surface area contributed by atoms with Crippen LogP contribution in [0.15, 0.2) is 15.8 Å². The third kappa shape index (κ3) is 2.21. The summed E-state index contributed by atoms with van der Waals surface area (Å²) in [5.41, 5.74) is -1.77. The molecule has 0 radical (unpaired) electrons. The smallest absolute Gasteiger partial charge is 0.328 e. The summed E-state index contributed by atoms with van der Waals surface area (Å²) in [7, 11) is 1.42. The maximum Gasteiger partial charge on any atom is 0.328 e. The quantitative estimate of drug-likeness (QED) is 0.685. The molecule has 88 valence electrons. The SMILES string of the molecule is CNC(=O)c1cn(C(C)(C)C)c(=O)[nH]c1=O. The molecule has 0 saturated carbocycles. The number of carbonyl (C=O) groups excluding carboxylic acids is 1. The lowest BCUT2D eigenvalue weighted by Gasteiger charge is -2.21. The largest absolute Gasteiger partial charge is 0.355 e. The molecule has 0 aliphatic heterocycles. The molecule has 0 aromatic carbocycles. The van der Waals surface area contributed by atoms with E-state index in [1.54, 1.807) is 20.8 Å². The summed E-state index contributed by atoms with van der Waals surface area (Å²) >= 11 is 0. The first-order valence-electron chi connectivity index (χ1n) is 4.86. The molecule has 1 amide bonds. The zero-order valence-electron chi connectivity index (χ0n) is 9.75. The number of amides is 1. The van der Waals surface area contributed by atoms with Crippen LogP contribution in [0.25, 0.3) is 0 Å². The van der Waals surface area contributed by atoms with Crippen LogP contribution in [0.4, 0.5) is 0 Å². The Hall–Kier alpha value is -1.85. The van der Waals surface area contributed by atoms with Crippen molar-refractivity contribution in [3.05, 3.63) is 32.6 Å². The first-order chi connectivity index (χ1) is 7.27. The molecule has 0 atom stereocenters. The standard InChI is InChI=1S/C10H15N3O3/c1-10(2,3)13-5-6(7(14)11-4)8(15)12-9(13)16/h5H,1-4H3,(H,11,14)(H,12,15,16). The van der Waals surface area contributed by atoms with Gasteiger partial charge in [-0.2, -0.15) is 0 Å². The lowest BCUT2D eigenvalue weighted by atomic mass is 10.1. The summed E-state index contributed by atoms with van der Waals surface area (Å²) in [6.07, 6.45) is 1.28. The summed E-state index contributed by atoms with van der Waals surface area (Å²) in [6.45, 7) is 5.42. The van der Waals surface area contributed by atoms with E-state index in [-0.39, 0.29) is 5.56 Å². The van der Waals surface area contributed by atoms with Crippen LogP contribution in [0.2, 0.25) is 0 Å². The second-order valence-corrected chi connectivity index (χ2v) is 4.42. The number of rotatable bonds is 1. The Labute approximate surface area is 92.3 Å². The van der Waals surface area contributed by atoms with Gasteiger partial charge in [0.15, 0.2) is 0 Å². The maximum atomic E-state index is 11.5. The lowest BCUT2D eigenvalue weighted by molar-refractivity contribution is 0.0960. The van der Waals surface area contributed by atoms with Crippen LogP contribution in [0.3, 0.4) is 0 Å². The first-order valence-corrected chi connectivity index (χ1v) is 4.86. The highest BCUT2D eigenvalue weighted by Gasteiger charge is 2.18. The fourth-order valence-corrected chi connectivity index (χ4v) is 1.27. The molecule has 16 heavy (non-hydrogen) atoms. The van der Waals surface area contributed by atoms with E-state index in [0.717, 1.165) is 0 Å². The fraction of sp³-hybridized carbons (Fsp3) is 0.500. The molecular weight excluding hydrogens is 210 g/mol. The van der Waals surface area contributed by atoms with Crippen LogP contribution in [0.5, 0.6) is 0 Å². The van der Waals surface area contributed by atoms with E-state index < -0.39 is 22.7 Å². The fourth-order valence-electron chi connectivity index (χ4n) is 1.27. The number of aromatic amines is 1. The second kappa shape index (κ2) is 3.96. The van der Waals surface area contributed by atoms with E-state index in [2.05, 4.69) is 10.3 Å². The third-order valence-corrected chi connectivity index (χ3v) is 2.14. The molecule has 1 rings (SSSR count). The average molecular weight is 225 g/mol. The lowest BCUT2D eigenvalue weighted by Crippen LogP contribution is -2.41. The molecule has 1 heterocycles. The minimum absolute atomic E-state index is 0.0722. The van der Waals surface area contributed by atoms with Gasteiger partial charge in [0.05, 0.1) is 0 Å². The molecule has 0 unspecified atom stereocenters. The van der Waals surface area contributed by atoms with Gasteiger partial charge in [0.25, 0.3) is 11.5 Å². The van der Waals surface area contributed by atoms with Gasteiger partial charge >= 0.3 is 5.69 Å². The van der Waals surface area contributed by atoms with E-state index in [1.807, 2.05) is 0 Å². The number of aromatic nitrogens is 2. The van der Waals surface area contributed by atoms with Crippen molar-refractivity contribution >= 4 is 5.91 Å². The monoisotopic (exact) mass is 225 g/mol. The summed E-state index contributed by atoms with van der Waals surface area (Å²) in [5.74, 6) is -0.515. The molecule has 0 bridgehead atoms. The number of H-pyrrole nitrogens is 1. The van der Waals surface area contributed by atoms with Crippen molar-refractivity contribution in [3.63, 3.8) is 0 Å². The molecule has 1 aromatic rings. The number of nitrogens with zero attached hydrogens (tertiary/aromatic N) is 1. The number of hydrogen-bond acceptors (Lipinski definition) is 3. The van der Waals surface area contributed by atoms with Crippen molar-refractivity contribution in [2.24, 2.45) is 0 Å². The van der Waals surface area contributed by atoms with Gasteiger partial charge in [-0.15, -0.1) is 0 Å². The van der Waals surface area contributed by atoms with E-state index in [9.17, 15) is 14.4 Å². The van der Waals surface area contributed by atoms with Crippen molar-refractivity contribution < 1.29 is 4.79 Å². The number of hydrogen-bond donors (Lipinski definition) is 2. The normalized spacial score (nSPS) is 11.2. The minimum Gasteiger partial charge on any atom is -0.355 e. The second-order valence-electron chi connectivity index (χ2n) is 4.42. The Morgan fingerprint density at radius 1 is 1.38 bits per heavy atom. The summed E-state index contributed by atoms with van der Waals surface area (Å²) in [6, 6.07) is 0. The van der Waals surface area contributed by atoms with E-state index in [4.69, 9.17) is 0 Å². The van der Waals surface area contributed by atoms with Crippen LogP contribution in [-0.2, 0) is 5.54 Å². The Balaban J connectivity index is 3.51. The predicted octanol–water partition coefficient (Wildman–Crippen LogP) is -0.349. The molecule has 0 saturated heterocycles. The molecule has 6 nitrogen and oxygen atoms in total. The number of nitrogens with one attached hydrogen (secondary N) is 2. The van der Waals surface area contributed by atoms with Gasteiger partial charge in [0, 0.05) is 18.8 Å². The van der Waals surface area contributed by atoms with Gasteiger partial charge in [0.2, 0.25) is 0 Å². The van der Waals surface area contributed by atoms with Gasteiger partial charge in [-0.05, 0) is 20.8 Å². The molecule has 1 aromatic heterocycles. The van der Waals surface area contributed by atoms with Crippen LogP contribution < -0.4 is 16.6 Å². The zero-order chi connectivity index (χ0) is 12.5. The molecule has 0 fully saturated rings. The van der Waals surface area contributed by atoms with Crippen LogP contribution in [0.1, 0.15) is 31.1 Å². The van der Waals surface area contributed by atoms with E-state index >= 15 is 0 Å². The Bertz CT molecular complexity index is 519. The van der Waals surface area contributed by atoms with E-state index in [0.29, 0.717) is 0 Å². The Morgan fingerprint density at radius 3 is 2.38 bits per heavy atom. The van der Waals surface area contributed by atoms with Crippen molar-refractivity contribution in [3.8, 4) is 0 Å². The topological polar surface area (TPSA) is 84.0 Å². The highest BCUT2D eigenvalue weighted by atomic mass is 16.2. The molecule has 6 heteroatoms. The van der Waals surface area contributed by atoms with Gasteiger partial charge in [0.1, 0.15) is 5.56 Å². The van der Waals surface area contributed by atoms with Crippen LogP contribution in [-0.4, -0.2) is 22.5 Å². The summed E-state index contributed by atoms with van der Waals surface area (Å²) < 4.78 is 1.32. The molecular formula is C10H15N3O3. The number of carbonyl (C=O) groups is 1. The van der Waals surface area contributed by atoms with Gasteiger partial charge in [-0.1, -0.05) is 0 Å². The molecule has 2 N–H and O–H groups in total. The van der Waals surface area contributed by atoms with E-state index in [1.165, 1.54) is 17.8 Å². The highest BCUT2D eigenvalue weighted by Crippen LogP contribution is 2.09. The van der Waals surface area contributed by atoms with Crippen molar-refractivity contribution in [1.29, 1.82) is 0 Å². The van der Waals surface area contributed by atoms with Crippen molar-refractivity contribution in [1.82, 2.24) is 14.9 Å². The molecule has 0 aliphatic carbocycles. The van der Waals surface area contributed by atoms with Gasteiger partial charge in [-0.3, -0.25) is 19.1 Å². The highest BCUT2D eigenvalue weighted by molar-refractivity contribution is 5.93. The Morgan fingerprint density at radius 2 is 1.94 bits per heavy atom. The predicted molar refractivity (Wildman–Crippen MR) is 59.7 cm³/mol. The van der Waals surface area contributed by atoms with Crippen LogP contribution >= 0.6 is 0 Å². The average Bonchev–Trinajstić information content (AvgIpc) is 2.14. The Kier molecular flexibility index (Phi) is 3.02. The van der Waals surface area contributed by atoms with Gasteiger partial charge < -0.3 is 5.32 Å². The van der Waals surface area contributed by atoms with Crippen molar-refractivity contribution in [2.75, 3.05) is 7.05 Å². The van der Waals surface area contributed by atoms with Crippen LogP contribution in [0, 0.1) is 0 Å². The summed E-state index contributed by atoms with van der Waals surface area (Å²) in [4.78, 5) is 36.4. The minimum atomic E-state index is -0.676. The van der Waals surface area contributed by atoms with Gasteiger partial charge in [-0.25, -0.2) is 4.79 Å². The zero-order valence-corrected chi connectivity index (χ0v) is 9.75. The first kappa shape index (κ1) is 12.2. The molecule has 0 aliphatic rings. The maximum absolute atomic E-state index is 11.5.